The Morgan fingerprint density at radius 1 is 0.800 bits per heavy atom. The average Bonchev–Trinajstić information content (AvgIpc) is 2.63. The zero-order chi connectivity index (χ0) is 17.7. The van der Waals surface area contributed by atoms with Gasteiger partial charge in [0.25, 0.3) is 10.0 Å². The van der Waals surface area contributed by atoms with Crippen molar-refractivity contribution in [3.63, 3.8) is 0 Å². The maximum absolute atomic E-state index is 12.4. The van der Waals surface area contributed by atoms with Crippen LogP contribution in [0.25, 0.3) is 17.2 Å². The Morgan fingerprint density at radius 3 is 2.12 bits per heavy atom. The number of aryl methyl sites for hydroxylation is 1. The van der Waals surface area contributed by atoms with Crippen LogP contribution in [0.2, 0.25) is 0 Å². The van der Waals surface area contributed by atoms with Crippen molar-refractivity contribution >= 4 is 21.8 Å². The summed E-state index contributed by atoms with van der Waals surface area (Å²) in [4.78, 5) is 0. The smallest absolute Gasteiger partial charge is 0.255 e. The molecule has 0 bridgehead atoms. The van der Waals surface area contributed by atoms with E-state index in [0.717, 1.165) is 22.3 Å². The second-order valence-corrected chi connectivity index (χ2v) is 7.32. The van der Waals surface area contributed by atoms with E-state index in [0.29, 0.717) is 5.69 Å². The van der Waals surface area contributed by atoms with Crippen LogP contribution in [-0.4, -0.2) is 8.42 Å². The maximum Gasteiger partial charge on any atom is 0.255 e. The van der Waals surface area contributed by atoms with Crippen molar-refractivity contribution in [3.8, 4) is 11.1 Å². The van der Waals surface area contributed by atoms with Crippen molar-refractivity contribution in [1.29, 1.82) is 0 Å². The fourth-order valence-electron chi connectivity index (χ4n) is 2.46. The van der Waals surface area contributed by atoms with Gasteiger partial charge in [-0.05, 0) is 41.3 Å². The van der Waals surface area contributed by atoms with Crippen LogP contribution in [0.15, 0.2) is 84.3 Å². The van der Waals surface area contributed by atoms with Crippen molar-refractivity contribution in [1.82, 2.24) is 0 Å². The first-order valence-corrected chi connectivity index (χ1v) is 9.50. The fourth-order valence-corrected chi connectivity index (χ4v) is 3.39. The molecule has 0 aliphatic carbocycles. The highest BCUT2D eigenvalue weighted by atomic mass is 32.2. The van der Waals surface area contributed by atoms with E-state index in [2.05, 4.69) is 4.72 Å². The molecule has 0 heterocycles. The molecule has 0 aliphatic heterocycles. The minimum Gasteiger partial charge on any atom is -0.280 e. The third-order valence-electron chi connectivity index (χ3n) is 3.84. The summed E-state index contributed by atoms with van der Waals surface area (Å²) in [5.74, 6) is 0. The van der Waals surface area contributed by atoms with Gasteiger partial charge in [-0.15, -0.1) is 0 Å². The molecule has 3 aromatic carbocycles. The minimum absolute atomic E-state index is 0.582. The van der Waals surface area contributed by atoms with Crippen molar-refractivity contribution in [2.75, 3.05) is 4.72 Å². The predicted molar refractivity (Wildman–Crippen MR) is 105 cm³/mol. The molecular formula is C21H19NO2S. The minimum atomic E-state index is -3.58. The van der Waals surface area contributed by atoms with Gasteiger partial charge in [-0.25, -0.2) is 8.42 Å². The predicted octanol–water partition coefficient (Wildman–Crippen LogP) is 5.07. The van der Waals surface area contributed by atoms with E-state index >= 15 is 0 Å². The molecule has 3 rings (SSSR count). The van der Waals surface area contributed by atoms with E-state index in [9.17, 15) is 8.42 Å². The van der Waals surface area contributed by atoms with Crippen LogP contribution in [0.1, 0.15) is 11.1 Å². The Bertz CT molecular complexity index is 979. The normalized spacial score (nSPS) is 11.6. The summed E-state index contributed by atoms with van der Waals surface area (Å²) in [5.41, 5.74) is 4.30. The highest BCUT2D eigenvalue weighted by molar-refractivity contribution is 7.95. The lowest BCUT2D eigenvalue weighted by molar-refractivity contribution is 0.609. The van der Waals surface area contributed by atoms with Crippen LogP contribution >= 0.6 is 0 Å². The topological polar surface area (TPSA) is 46.2 Å². The molecular weight excluding hydrogens is 330 g/mol. The summed E-state index contributed by atoms with van der Waals surface area (Å²) < 4.78 is 27.4. The van der Waals surface area contributed by atoms with Crippen LogP contribution in [0.5, 0.6) is 0 Å². The molecule has 0 fully saturated rings. The molecule has 0 amide bonds. The van der Waals surface area contributed by atoms with Crippen molar-refractivity contribution in [2.24, 2.45) is 0 Å². The molecule has 0 saturated heterocycles. The quantitative estimate of drug-likeness (QED) is 0.698. The van der Waals surface area contributed by atoms with Crippen molar-refractivity contribution < 1.29 is 8.42 Å². The number of benzene rings is 3. The molecule has 0 unspecified atom stereocenters. The van der Waals surface area contributed by atoms with Gasteiger partial charge in [0.15, 0.2) is 0 Å². The van der Waals surface area contributed by atoms with Gasteiger partial charge in [-0.1, -0.05) is 72.8 Å². The second-order valence-electron chi connectivity index (χ2n) is 5.76. The summed E-state index contributed by atoms with van der Waals surface area (Å²) in [6, 6.07) is 25.0. The van der Waals surface area contributed by atoms with Gasteiger partial charge in [-0.2, -0.15) is 0 Å². The Labute approximate surface area is 148 Å². The Balaban J connectivity index is 1.85. The molecule has 0 aromatic heterocycles. The van der Waals surface area contributed by atoms with Crippen molar-refractivity contribution in [2.45, 2.75) is 6.92 Å². The molecule has 0 spiro atoms. The third kappa shape index (κ3) is 4.58. The van der Waals surface area contributed by atoms with Crippen LogP contribution in [0.3, 0.4) is 0 Å². The monoisotopic (exact) mass is 349 g/mol. The maximum atomic E-state index is 12.4. The van der Waals surface area contributed by atoms with Gasteiger partial charge in [0.1, 0.15) is 0 Å². The number of nitrogens with one attached hydrogen (secondary N) is 1. The largest absolute Gasteiger partial charge is 0.280 e. The standard InChI is InChI=1S/C21H19NO2S/c1-17-12-13-20(19-10-6-3-7-11-19)16-21(17)22-25(23,24)15-14-18-8-4-2-5-9-18/h2-16,22H,1H3/b15-14+. The first-order chi connectivity index (χ1) is 12.0. The third-order valence-corrected chi connectivity index (χ3v) is 4.83. The molecule has 1 N–H and O–H groups in total. The summed E-state index contributed by atoms with van der Waals surface area (Å²) in [5, 5.41) is 1.19. The number of hydrogen-bond donors (Lipinski definition) is 1. The SMILES string of the molecule is Cc1ccc(-c2ccccc2)cc1NS(=O)(=O)/C=C/c1ccccc1. The van der Waals surface area contributed by atoms with Crippen LogP contribution in [0.4, 0.5) is 5.69 Å². The first kappa shape index (κ1) is 17.0. The fraction of sp³-hybridized carbons (Fsp3) is 0.0476. The Morgan fingerprint density at radius 2 is 1.44 bits per heavy atom. The lowest BCUT2D eigenvalue weighted by Gasteiger charge is -2.11. The zero-order valence-corrected chi connectivity index (χ0v) is 14.7. The summed E-state index contributed by atoms with van der Waals surface area (Å²) in [6.07, 6.45) is 1.58. The zero-order valence-electron chi connectivity index (χ0n) is 13.9. The van der Waals surface area contributed by atoms with Crippen LogP contribution in [0, 0.1) is 6.92 Å². The molecule has 0 aliphatic rings. The lowest BCUT2D eigenvalue weighted by Crippen LogP contribution is -2.10. The summed E-state index contributed by atoms with van der Waals surface area (Å²) >= 11 is 0. The van der Waals surface area contributed by atoms with E-state index in [-0.39, 0.29) is 0 Å². The van der Waals surface area contributed by atoms with Crippen molar-refractivity contribution in [3.05, 3.63) is 95.4 Å². The van der Waals surface area contributed by atoms with Gasteiger partial charge in [-0.3, -0.25) is 4.72 Å². The van der Waals surface area contributed by atoms with E-state index in [1.54, 1.807) is 6.08 Å². The first-order valence-electron chi connectivity index (χ1n) is 7.95. The Hall–Kier alpha value is -2.85. The number of sulfonamides is 1. The highest BCUT2D eigenvalue weighted by Crippen LogP contribution is 2.26. The molecule has 0 atom stereocenters. The van der Waals surface area contributed by atoms with Gasteiger partial charge >= 0.3 is 0 Å². The number of rotatable bonds is 5. The number of anilines is 1. The van der Waals surface area contributed by atoms with Gasteiger partial charge in [0.2, 0.25) is 0 Å². The van der Waals surface area contributed by atoms with E-state index < -0.39 is 10.0 Å². The van der Waals surface area contributed by atoms with Gasteiger partial charge < -0.3 is 0 Å². The second kappa shape index (κ2) is 7.36. The molecule has 0 saturated carbocycles. The van der Waals surface area contributed by atoms with Gasteiger partial charge in [0.05, 0.1) is 11.1 Å². The number of hydrogen-bond acceptors (Lipinski definition) is 2. The molecule has 3 nitrogen and oxygen atoms in total. The molecule has 0 radical (unpaired) electrons. The molecule has 126 valence electrons. The molecule has 3 aromatic rings. The highest BCUT2D eigenvalue weighted by Gasteiger charge is 2.09. The van der Waals surface area contributed by atoms with Crippen LogP contribution < -0.4 is 4.72 Å². The lowest BCUT2D eigenvalue weighted by atomic mass is 10.0. The van der Waals surface area contributed by atoms with E-state index in [4.69, 9.17) is 0 Å². The molecule has 4 heteroatoms. The van der Waals surface area contributed by atoms with E-state index in [1.165, 1.54) is 5.41 Å². The Kier molecular flexibility index (Phi) is 5.00. The van der Waals surface area contributed by atoms with Gasteiger partial charge in [0, 0.05) is 0 Å². The summed E-state index contributed by atoms with van der Waals surface area (Å²) in [6.45, 7) is 1.88. The summed E-state index contributed by atoms with van der Waals surface area (Å²) in [7, 11) is -3.58. The van der Waals surface area contributed by atoms with Crippen LogP contribution in [-0.2, 0) is 10.0 Å². The average molecular weight is 349 g/mol. The van der Waals surface area contributed by atoms with E-state index in [1.807, 2.05) is 85.8 Å². The molecule has 25 heavy (non-hydrogen) atoms.